The number of alkyl halides is 3. The van der Waals surface area contributed by atoms with Crippen molar-refractivity contribution in [2.24, 2.45) is 17.6 Å². The number of hydrogen-bond acceptors (Lipinski definition) is 6. The van der Waals surface area contributed by atoms with Crippen LogP contribution in [-0.2, 0) is 21.0 Å². The van der Waals surface area contributed by atoms with Crippen molar-refractivity contribution in [1.29, 1.82) is 0 Å². The molecule has 14 heteroatoms. The predicted molar refractivity (Wildman–Crippen MR) is 157 cm³/mol. The number of pyridine rings is 1. The topological polar surface area (TPSA) is 117 Å². The molecule has 44 heavy (non-hydrogen) atoms. The Bertz CT molecular complexity index is 1530. The van der Waals surface area contributed by atoms with Gasteiger partial charge in [0.15, 0.2) is 0 Å². The van der Waals surface area contributed by atoms with Crippen LogP contribution in [0.4, 0.5) is 17.6 Å². The molecule has 1 amide bonds. The highest BCUT2D eigenvalue weighted by atomic mass is 35.5. The van der Waals surface area contributed by atoms with Gasteiger partial charge in [0.05, 0.1) is 27.9 Å². The van der Waals surface area contributed by atoms with Gasteiger partial charge in [0.25, 0.3) is 0 Å². The maximum atomic E-state index is 14.5. The number of sulfonamides is 1. The maximum absolute atomic E-state index is 14.5. The maximum Gasteiger partial charge on any atom is 0.417 e. The van der Waals surface area contributed by atoms with Crippen LogP contribution in [0.3, 0.4) is 0 Å². The molecular formula is C30H36ClF4N5O3S. The average molecular weight is 658 g/mol. The number of fused-ring (bicyclic) bond motifs is 3. The molecule has 1 aromatic carbocycles. The largest absolute Gasteiger partial charge is 0.417 e. The lowest BCUT2D eigenvalue weighted by atomic mass is 9.84. The summed E-state index contributed by atoms with van der Waals surface area (Å²) in [5.41, 5.74) is 5.25. The van der Waals surface area contributed by atoms with E-state index >= 15 is 0 Å². The Labute approximate surface area is 259 Å². The molecule has 240 valence electrons. The Morgan fingerprint density at radius 3 is 2.73 bits per heavy atom. The molecule has 2 aromatic rings. The summed E-state index contributed by atoms with van der Waals surface area (Å²) in [6.07, 6.45) is 2.65. The smallest absolute Gasteiger partial charge is 0.352 e. The second-order valence-corrected chi connectivity index (χ2v) is 15.2. The third kappa shape index (κ3) is 6.10. The van der Waals surface area contributed by atoms with Gasteiger partial charge in [-0.25, -0.2) is 12.8 Å². The van der Waals surface area contributed by atoms with Crippen LogP contribution in [0.1, 0.15) is 67.6 Å². The first-order valence-electron chi connectivity index (χ1n) is 15.1. The predicted octanol–water partition coefficient (Wildman–Crippen LogP) is 4.18. The van der Waals surface area contributed by atoms with Crippen molar-refractivity contribution in [3.63, 3.8) is 0 Å². The van der Waals surface area contributed by atoms with Gasteiger partial charge in [0.1, 0.15) is 5.82 Å². The third-order valence-corrected chi connectivity index (χ3v) is 12.3. The van der Waals surface area contributed by atoms with Gasteiger partial charge in [0.2, 0.25) is 15.9 Å². The van der Waals surface area contributed by atoms with Crippen LogP contribution in [0, 0.1) is 17.7 Å². The van der Waals surface area contributed by atoms with E-state index in [9.17, 15) is 30.8 Å². The summed E-state index contributed by atoms with van der Waals surface area (Å²) in [5.74, 6) is -2.05. The molecule has 8 nitrogen and oxygen atoms in total. The molecular weight excluding hydrogens is 622 g/mol. The molecule has 4 N–H and O–H groups in total. The van der Waals surface area contributed by atoms with Crippen LogP contribution >= 0.6 is 11.6 Å². The quantitative estimate of drug-likeness (QED) is 0.385. The van der Waals surface area contributed by atoms with Crippen LogP contribution < -0.4 is 16.4 Å². The van der Waals surface area contributed by atoms with Crippen LogP contribution in [0.5, 0.6) is 0 Å². The van der Waals surface area contributed by atoms with E-state index in [2.05, 4.69) is 15.6 Å². The molecule has 2 aliphatic carbocycles. The zero-order chi connectivity index (χ0) is 31.4. The van der Waals surface area contributed by atoms with Crippen molar-refractivity contribution in [2.75, 3.05) is 18.8 Å². The Balaban J connectivity index is 1.19. The normalized spacial score (nSPS) is 32.5. The van der Waals surface area contributed by atoms with Crippen LogP contribution in [-0.4, -0.2) is 66.1 Å². The number of halogens is 5. The van der Waals surface area contributed by atoms with Gasteiger partial charge >= 0.3 is 6.18 Å². The van der Waals surface area contributed by atoms with Gasteiger partial charge in [0, 0.05) is 43.5 Å². The SMILES string of the molecule is N[C@H](C(=O)N[C@H]1CCC[C@@H]1C[C@@H]1C[C@]12CN[C@@H]1CCCS(=O)(=O)N2C1)[C@H](c1cncc(C(F)(F)F)c1)c1ccc(Cl)c(F)c1. The number of carbonyl (C=O) groups excluding carboxylic acids is 1. The van der Waals surface area contributed by atoms with E-state index in [4.69, 9.17) is 17.3 Å². The summed E-state index contributed by atoms with van der Waals surface area (Å²) in [7, 11) is -3.33. The fourth-order valence-corrected chi connectivity index (χ4v) is 9.77. The number of nitrogens with one attached hydrogen (secondary N) is 2. The standard InChI is InChI=1S/C30H36ClF4N5O3S/c31-23-7-6-18(11-24(23)32)26(19-10-21(14-37-13-19)30(33,34)35)27(36)28(41)39-25-5-1-3-17(25)9-20-12-29(20)16-38-22-4-2-8-44(42,43)40(29)15-22/h6-7,10-11,13-14,17,20,22,25-27,38H,1-5,8-9,12,15-16,36H2,(H,39,41)/t17-,20-,22-,25+,26+,27+,29+/m1/s1. The summed E-state index contributed by atoms with van der Waals surface area (Å²) in [4.78, 5) is 17.4. The highest BCUT2D eigenvalue weighted by Crippen LogP contribution is 2.55. The number of carbonyl (C=O) groups is 1. The monoisotopic (exact) mass is 657 g/mol. The van der Waals surface area contributed by atoms with Gasteiger partial charge in [-0.2, -0.15) is 17.5 Å². The highest BCUT2D eigenvalue weighted by molar-refractivity contribution is 7.89. The van der Waals surface area contributed by atoms with Gasteiger partial charge in [-0.15, -0.1) is 0 Å². The summed E-state index contributed by atoms with van der Waals surface area (Å²) in [6, 6.07) is 3.26. The van der Waals surface area contributed by atoms with Crippen LogP contribution in [0.15, 0.2) is 36.7 Å². The first-order chi connectivity index (χ1) is 20.8. The van der Waals surface area contributed by atoms with E-state index in [1.54, 1.807) is 4.31 Å². The van der Waals surface area contributed by atoms with Crippen molar-refractivity contribution in [3.8, 4) is 0 Å². The second kappa shape index (κ2) is 11.8. The molecule has 4 fully saturated rings. The lowest BCUT2D eigenvalue weighted by Crippen LogP contribution is -2.59. The number of benzene rings is 1. The minimum absolute atomic E-state index is 0.0221. The van der Waals surface area contributed by atoms with E-state index in [1.807, 2.05) is 0 Å². The number of rotatable bonds is 7. The van der Waals surface area contributed by atoms with Gasteiger partial charge < -0.3 is 16.4 Å². The molecule has 3 heterocycles. The molecule has 6 rings (SSSR count). The zero-order valence-electron chi connectivity index (χ0n) is 24.0. The van der Waals surface area contributed by atoms with E-state index in [0.29, 0.717) is 32.1 Å². The fraction of sp³-hybridized carbons (Fsp3) is 0.600. The molecule has 8 atom stereocenters. The van der Waals surface area contributed by atoms with E-state index in [-0.39, 0.29) is 45.8 Å². The minimum Gasteiger partial charge on any atom is -0.352 e. The number of nitrogens with two attached hydrogens (primary N) is 1. The number of piperazine rings is 1. The van der Waals surface area contributed by atoms with Crippen molar-refractivity contribution in [1.82, 2.24) is 19.9 Å². The molecule has 1 spiro atoms. The number of hydrogen-bond donors (Lipinski definition) is 3. The summed E-state index contributed by atoms with van der Waals surface area (Å²) in [6.45, 7) is 1.12. The Kier molecular flexibility index (Phi) is 8.49. The molecule has 2 saturated carbocycles. The van der Waals surface area contributed by atoms with Gasteiger partial charge in [-0.1, -0.05) is 24.1 Å². The molecule has 0 radical (unpaired) electrons. The Morgan fingerprint density at radius 1 is 1.18 bits per heavy atom. The summed E-state index contributed by atoms with van der Waals surface area (Å²) in [5, 5.41) is 6.43. The second-order valence-electron chi connectivity index (χ2n) is 12.8. The minimum atomic E-state index is -4.68. The molecule has 2 bridgehead atoms. The molecule has 2 aliphatic heterocycles. The number of amides is 1. The zero-order valence-corrected chi connectivity index (χ0v) is 25.6. The lowest BCUT2D eigenvalue weighted by molar-refractivity contribution is -0.137. The third-order valence-electron chi connectivity index (χ3n) is 10.1. The number of aromatic nitrogens is 1. The van der Waals surface area contributed by atoms with Crippen molar-refractivity contribution in [3.05, 3.63) is 64.2 Å². The van der Waals surface area contributed by atoms with E-state index in [1.165, 1.54) is 18.3 Å². The van der Waals surface area contributed by atoms with Gasteiger partial charge in [-0.05, 0) is 79.7 Å². The summed E-state index contributed by atoms with van der Waals surface area (Å²) < 4.78 is 83.0. The molecule has 4 aliphatic rings. The van der Waals surface area contributed by atoms with Crippen molar-refractivity contribution in [2.45, 2.75) is 80.7 Å². The van der Waals surface area contributed by atoms with E-state index < -0.39 is 51.0 Å². The molecule has 2 saturated heterocycles. The average Bonchev–Trinajstić information content (AvgIpc) is 3.49. The Morgan fingerprint density at radius 2 is 1.98 bits per heavy atom. The first-order valence-corrected chi connectivity index (χ1v) is 17.0. The van der Waals surface area contributed by atoms with Crippen LogP contribution in [0.2, 0.25) is 5.02 Å². The van der Waals surface area contributed by atoms with Crippen molar-refractivity contribution < 1.29 is 30.8 Å². The Hall–Kier alpha value is -2.32. The first kappa shape index (κ1) is 31.7. The summed E-state index contributed by atoms with van der Waals surface area (Å²) >= 11 is 5.85. The molecule has 1 unspecified atom stereocenters. The van der Waals surface area contributed by atoms with Gasteiger partial charge in [-0.3, -0.25) is 9.78 Å². The van der Waals surface area contributed by atoms with E-state index in [0.717, 1.165) is 44.2 Å². The number of nitrogens with zero attached hydrogens (tertiary/aromatic N) is 2. The highest BCUT2D eigenvalue weighted by Gasteiger charge is 2.63. The fourth-order valence-electron chi connectivity index (χ4n) is 7.65. The van der Waals surface area contributed by atoms with Crippen LogP contribution in [0.25, 0.3) is 0 Å². The van der Waals surface area contributed by atoms with Crippen molar-refractivity contribution >= 4 is 27.5 Å². The lowest BCUT2D eigenvalue weighted by Gasteiger charge is -2.39. The molecule has 1 aromatic heterocycles.